The van der Waals surface area contributed by atoms with E-state index in [1.54, 1.807) is 16.5 Å². The van der Waals surface area contributed by atoms with Crippen molar-refractivity contribution in [3.63, 3.8) is 0 Å². The summed E-state index contributed by atoms with van der Waals surface area (Å²) >= 11 is 0. The molecule has 6 atom stereocenters. The standard InChI is InChI=1S/C22H35N7O4/c1-12-17(30)8-19(31)24-13-6-16(27(5)9-13)21(33)28-10-14(7-15(28)20(32)23-12)29-11-18(25-26-29)22(2,3)4/h11-17,30H,6-10H2,1-5H3,(H,23,32)(H,24,31)/t12-,13-,14-,15-,16-,17-/m0/s1. The highest BCUT2D eigenvalue weighted by atomic mass is 16.3. The summed E-state index contributed by atoms with van der Waals surface area (Å²) in [5.41, 5.74) is 0.690. The van der Waals surface area contributed by atoms with E-state index in [4.69, 9.17) is 0 Å². The lowest BCUT2D eigenvalue weighted by Gasteiger charge is -2.30. The van der Waals surface area contributed by atoms with Gasteiger partial charge in [0.05, 0.1) is 36.3 Å². The third-order valence-corrected chi connectivity index (χ3v) is 7.06. The summed E-state index contributed by atoms with van der Waals surface area (Å²) in [6.07, 6.45) is 1.65. The summed E-state index contributed by atoms with van der Waals surface area (Å²) in [6.45, 7) is 8.74. The molecule has 4 rings (SSSR count). The van der Waals surface area contributed by atoms with Gasteiger partial charge in [0, 0.05) is 37.2 Å². The zero-order valence-electron chi connectivity index (χ0n) is 20.0. The number of aromatic nitrogens is 3. The molecule has 11 nitrogen and oxygen atoms in total. The summed E-state index contributed by atoms with van der Waals surface area (Å²) in [7, 11) is 1.85. The molecule has 11 heteroatoms. The van der Waals surface area contributed by atoms with Gasteiger partial charge in [-0.25, -0.2) is 4.68 Å². The summed E-state index contributed by atoms with van der Waals surface area (Å²) in [4.78, 5) is 42.8. The van der Waals surface area contributed by atoms with Crippen molar-refractivity contribution in [2.75, 3.05) is 20.1 Å². The number of rotatable bonds is 1. The molecule has 3 amide bonds. The lowest BCUT2D eigenvalue weighted by atomic mass is 9.93. The number of aliphatic hydroxyl groups excluding tert-OH is 1. The molecule has 0 aromatic carbocycles. The number of likely N-dealkylation sites (tertiary alicyclic amines) is 1. The second-order valence-corrected chi connectivity index (χ2v) is 10.8. The van der Waals surface area contributed by atoms with Gasteiger partial charge in [0.25, 0.3) is 0 Å². The van der Waals surface area contributed by atoms with Crippen molar-refractivity contribution in [2.24, 2.45) is 0 Å². The zero-order chi connectivity index (χ0) is 24.1. The highest BCUT2D eigenvalue weighted by molar-refractivity contribution is 5.91. The first-order chi connectivity index (χ1) is 15.4. The zero-order valence-corrected chi connectivity index (χ0v) is 20.0. The fourth-order valence-corrected chi connectivity index (χ4v) is 4.95. The van der Waals surface area contributed by atoms with Crippen LogP contribution in [0.25, 0.3) is 0 Å². The summed E-state index contributed by atoms with van der Waals surface area (Å²) in [6, 6.07) is -2.09. The molecule has 0 unspecified atom stereocenters. The van der Waals surface area contributed by atoms with Crippen LogP contribution in [0, 0.1) is 0 Å². The molecule has 0 radical (unpaired) electrons. The Morgan fingerprint density at radius 3 is 2.48 bits per heavy atom. The van der Waals surface area contributed by atoms with Gasteiger partial charge in [-0.05, 0) is 20.4 Å². The minimum absolute atomic E-state index is 0.105. The number of nitrogens with zero attached hydrogens (tertiary/aromatic N) is 5. The van der Waals surface area contributed by atoms with Crippen molar-refractivity contribution in [2.45, 2.75) is 88.7 Å². The first-order valence-corrected chi connectivity index (χ1v) is 11.6. The summed E-state index contributed by atoms with van der Waals surface area (Å²) in [5.74, 6) is -0.735. The number of hydrogen-bond acceptors (Lipinski definition) is 7. The maximum atomic E-state index is 13.6. The molecule has 1 aromatic heterocycles. The van der Waals surface area contributed by atoms with Crippen LogP contribution in [0.3, 0.4) is 0 Å². The third-order valence-electron chi connectivity index (χ3n) is 7.06. The van der Waals surface area contributed by atoms with Crippen LogP contribution >= 0.6 is 0 Å². The van der Waals surface area contributed by atoms with Crippen molar-refractivity contribution >= 4 is 17.7 Å². The van der Waals surface area contributed by atoms with E-state index < -0.39 is 24.2 Å². The molecule has 3 N–H and O–H groups in total. The molecule has 2 bridgehead atoms. The molecular weight excluding hydrogens is 426 g/mol. The number of hydrogen-bond donors (Lipinski definition) is 3. The van der Waals surface area contributed by atoms with E-state index >= 15 is 0 Å². The van der Waals surface area contributed by atoms with Gasteiger partial charge in [-0.2, -0.15) is 0 Å². The van der Waals surface area contributed by atoms with Crippen molar-refractivity contribution in [3.05, 3.63) is 11.9 Å². The molecule has 3 aliphatic rings. The van der Waals surface area contributed by atoms with Crippen LogP contribution in [-0.4, -0.2) is 98.0 Å². The van der Waals surface area contributed by atoms with Crippen LogP contribution in [0.4, 0.5) is 0 Å². The normalized spacial score (nSPS) is 34.2. The van der Waals surface area contributed by atoms with Gasteiger partial charge >= 0.3 is 0 Å². The topological polar surface area (TPSA) is 133 Å². The van der Waals surface area contributed by atoms with Crippen LogP contribution in [0.1, 0.15) is 58.7 Å². The molecule has 3 aliphatic heterocycles. The maximum Gasteiger partial charge on any atom is 0.243 e. The highest BCUT2D eigenvalue weighted by Crippen LogP contribution is 2.31. The van der Waals surface area contributed by atoms with E-state index in [1.807, 2.05) is 18.1 Å². The third kappa shape index (κ3) is 4.74. The first-order valence-electron chi connectivity index (χ1n) is 11.6. The van der Waals surface area contributed by atoms with E-state index in [0.717, 1.165) is 5.69 Å². The molecule has 4 heterocycles. The van der Waals surface area contributed by atoms with Crippen molar-refractivity contribution in [1.29, 1.82) is 0 Å². The van der Waals surface area contributed by atoms with Crippen molar-refractivity contribution < 1.29 is 19.5 Å². The molecule has 3 saturated heterocycles. The highest BCUT2D eigenvalue weighted by Gasteiger charge is 2.46. The fraction of sp³-hybridized carbons (Fsp3) is 0.773. The monoisotopic (exact) mass is 461 g/mol. The Balaban J connectivity index is 1.63. The molecule has 182 valence electrons. The second kappa shape index (κ2) is 8.68. The number of carbonyl (C=O) groups excluding carboxylic acids is 3. The lowest BCUT2D eigenvalue weighted by molar-refractivity contribution is -0.142. The van der Waals surface area contributed by atoms with Crippen molar-refractivity contribution in [3.8, 4) is 0 Å². The quantitative estimate of drug-likeness (QED) is 0.497. The second-order valence-electron chi connectivity index (χ2n) is 10.8. The van der Waals surface area contributed by atoms with Crippen LogP contribution in [0.15, 0.2) is 6.20 Å². The van der Waals surface area contributed by atoms with E-state index in [9.17, 15) is 19.5 Å². The van der Waals surface area contributed by atoms with Crippen molar-refractivity contribution in [1.82, 2.24) is 35.4 Å². The molecule has 1 aromatic rings. The molecule has 3 fully saturated rings. The van der Waals surface area contributed by atoms with E-state index in [0.29, 0.717) is 25.9 Å². The summed E-state index contributed by atoms with van der Waals surface area (Å²) < 4.78 is 1.76. The minimum Gasteiger partial charge on any atom is -0.390 e. The van der Waals surface area contributed by atoms with Gasteiger partial charge in [0.2, 0.25) is 17.7 Å². The van der Waals surface area contributed by atoms with Gasteiger partial charge in [0.15, 0.2) is 0 Å². The number of amides is 3. The predicted molar refractivity (Wildman–Crippen MR) is 119 cm³/mol. The van der Waals surface area contributed by atoms with Gasteiger partial charge in [-0.15, -0.1) is 5.10 Å². The Hall–Kier alpha value is -2.53. The Bertz CT molecular complexity index is 926. The van der Waals surface area contributed by atoms with Gasteiger partial charge in [-0.3, -0.25) is 19.3 Å². The number of fused-ring (bicyclic) bond motifs is 3. The number of aliphatic hydroxyl groups is 1. The molecule has 33 heavy (non-hydrogen) atoms. The average Bonchev–Trinajstić information content (AvgIpc) is 3.43. The smallest absolute Gasteiger partial charge is 0.243 e. The van der Waals surface area contributed by atoms with Gasteiger partial charge < -0.3 is 20.6 Å². The minimum atomic E-state index is -1.02. The molecule has 0 aliphatic carbocycles. The maximum absolute atomic E-state index is 13.6. The van der Waals surface area contributed by atoms with Gasteiger partial charge in [-0.1, -0.05) is 26.0 Å². The number of nitrogens with one attached hydrogen (secondary N) is 2. The SMILES string of the molecule is C[C@@H]1NC(=O)[C@@H]2C[C@H](n3cc(C(C)(C)C)nn3)CN2C(=O)[C@@H]2C[C@@H](CN2C)NC(=O)C[C@@H]1O. The van der Waals surface area contributed by atoms with E-state index in [1.165, 1.54) is 0 Å². The average molecular weight is 462 g/mol. The van der Waals surface area contributed by atoms with E-state index in [-0.39, 0.29) is 41.6 Å². The first kappa shape index (κ1) is 23.6. The number of likely N-dealkylation sites (N-methyl/N-ethyl adjacent to an activating group) is 1. The van der Waals surface area contributed by atoms with Crippen LogP contribution in [0.2, 0.25) is 0 Å². The Morgan fingerprint density at radius 2 is 1.82 bits per heavy atom. The Labute approximate surface area is 193 Å². The Morgan fingerprint density at radius 1 is 1.09 bits per heavy atom. The van der Waals surface area contributed by atoms with Crippen LogP contribution in [0.5, 0.6) is 0 Å². The molecule has 0 spiro atoms. The van der Waals surface area contributed by atoms with Gasteiger partial charge in [0.1, 0.15) is 6.04 Å². The van der Waals surface area contributed by atoms with Crippen LogP contribution in [-0.2, 0) is 19.8 Å². The fourth-order valence-electron chi connectivity index (χ4n) is 4.95. The lowest BCUT2D eigenvalue weighted by Crippen LogP contribution is -2.54. The summed E-state index contributed by atoms with van der Waals surface area (Å²) in [5, 5.41) is 24.8. The number of carbonyl (C=O) groups is 3. The van der Waals surface area contributed by atoms with E-state index in [2.05, 4.69) is 41.7 Å². The Kier molecular flexibility index (Phi) is 6.21. The van der Waals surface area contributed by atoms with Crippen LogP contribution < -0.4 is 10.6 Å². The largest absolute Gasteiger partial charge is 0.390 e. The molecule has 0 saturated carbocycles. The predicted octanol–water partition coefficient (Wildman–Crippen LogP) is -0.824. The molecular formula is C22H35N7O4.